The van der Waals surface area contributed by atoms with E-state index >= 15 is 0 Å². The lowest BCUT2D eigenvalue weighted by Crippen LogP contribution is -1.87. The van der Waals surface area contributed by atoms with Gasteiger partial charge in [-0.3, -0.25) is 5.10 Å². The summed E-state index contributed by atoms with van der Waals surface area (Å²) in [7, 11) is 0. The molecule has 1 N–H and O–H groups in total. The van der Waals surface area contributed by atoms with Crippen molar-refractivity contribution in [3.8, 4) is 11.3 Å². The summed E-state index contributed by atoms with van der Waals surface area (Å²) in [5.74, 6) is 0. The molecule has 0 unspecified atom stereocenters. The van der Waals surface area contributed by atoms with E-state index in [4.69, 9.17) is 0 Å². The van der Waals surface area contributed by atoms with Crippen LogP contribution in [0.25, 0.3) is 11.3 Å². The molecule has 0 amide bonds. The van der Waals surface area contributed by atoms with Gasteiger partial charge in [0.05, 0.1) is 17.5 Å². The number of rotatable bonds is 1. The van der Waals surface area contributed by atoms with E-state index in [1.54, 1.807) is 12.4 Å². The second-order valence-electron chi connectivity index (χ2n) is 1.92. The van der Waals surface area contributed by atoms with Crippen molar-refractivity contribution >= 4 is 0 Å². The third kappa shape index (κ3) is 1.07. The van der Waals surface area contributed by atoms with Crippen LogP contribution >= 0.6 is 0 Å². The molecule has 0 aliphatic rings. The van der Waals surface area contributed by atoms with Crippen LogP contribution in [0.4, 0.5) is 0 Å². The van der Waals surface area contributed by atoms with E-state index in [0.29, 0.717) is 0 Å². The van der Waals surface area contributed by atoms with Crippen LogP contribution in [0, 0.1) is 6.20 Å². The van der Waals surface area contributed by atoms with Gasteiger partial charge in [-0.05, 0) is 11.3 Å². The van der Waals surface area contributed by atoms with E-state index in [0.717, 1.165) is 11.3 Å². The van der Waals surface area contributed by atoms with Gasteiger partial charge in [0.1, 0.15) is 6.20 Å². The van der Waals surface area contributed by atoms with Gasteiger partial charge in [0.15, 0.2) is 0 Å². The Bertz CT molecular complexity index is 314. The molecule has 0 fully saturated rings. The Morgan fingerprint density at radius 2 is 2.45 bits per heavy atom. The Kier molecular flexibility index (Phi) is 1.33. The molecule has 53 valence electrons. The first kappa shape index (κ1) is 5.96. The summed E-state index contributed by atoms with van der Waals surface area (Å²) in [6, 6.07) is 1.81. The quantitative estimate of drug-likeness (QED) is 0.617. The molecule has 2 heterocycles. The maximum atomic E-state index is 3.92. The average molecular weight is 146 g/mol. The Morgan fingerprint density at radius 1 is 1.45 bits per heavy atom. The standard InChI is InChI=1S/C6H4N5/c1-2-7-10-6(1)5-3-8-11-9-4-5/h1-3H,(H,7,10). The van der Waals surface area contributed by atoms with Crippen LogP contribution in [0.3, 0.4) is 0 Å². The second-order valence-corrected chi connectivity index (χ2v) is 1.92. The highest BCUT2D eigenvalue weighted by atomic mass is 15.3. The van der Waals surface area contributed by atoms with E-state index in [2.05, 4.69) is 31.8 Å². The summed E-state index contributed by atoms with van der Waals surface area (Å²) in [5.41, 5.74) is 1.51. The summed E-state index contributed by atoms with van der Waals surface area (Å²) in [6.07, 6.45) is 5.95. The number of H-pyrrole nitrogens is 1. The number of aromatic amines is 1. The highest BCUT2D eigenvalue weighted by molar-refractivity contribution is 5.54. The van der Waals surface area contributed by atoms with Crippen LogP contribution < -0.4 is 0 Å². The molecule has 0 aromatic carbocycles. The van der Waals surface area contributed by atoms with Crippen molar-refractivity contribution in [1.29, 1.82) is 0 Å². The van der Waals surface area contributed by atoms with Gasteiger partial charge in [0.25, 0.3) is 0 Å². The first-order valence-corrected chi connectivity index (χ1v) is 3.03. The first-order chi connectivity index (χ1) is 5.47. The van der Waals surface area contributed by atoms with Crippen LogP contribution in [0.1, 0.15) is 0 Å². The molecule has 0 saturated heterocycles. The van der Waals surface area contributed by atoms with Crippen molar-refractivity contribution < 1.29 is 0 Å². The first-order valence-electron chi connectivity index (χ1n) is 3.03. The highest BCUT2D eigenvalue weighted by Gasteiger charge is 1.98. The fourth-order valence-electron chi connectivity index (χ4n) is 0.748. The molecule has 1 radical (unpaired) electrons. The molecule has 0 aliphatic heterocycles. The van der Waals surface area contributed by atoms with E-state index < -0.39 is 0 Å². The summed E-state index contributed by atoms with van der Waals surface area (Å²) in [5, 5.41) is 17.1. The van der Waals surface area contributed by atoms with Gasteiger partial charge in [0, 0.05) is 6.20 Å². The normalized spacial score (nSPS) is 9.82. The van der Waals surface area contributed by atoms with E-state index in [9.17, 15) is 0 Å². The van der Waals surface area contributed by atoms with Crippen LogP contribution in [-0.2, 0) is 0 Å². The largest absolute Gasteiger partial charge is 0.285 e. The topological polar surface area (TPSA) is 67.3 Å². The molecule has 2 aromatic rings. The smallest absolute Gasteiger partial charge is 0.127 e. The van der Waals surface area contributed by atoms with Crippen molar-refractivity contribution in [2.24, 2.45) is 0 Å². The molecule has 5 nitrogen and oxygen atoms in total. The molecule has 2 rings (SSSR count). The van der Waals surface area contributed by atoms with E-state index in [1.807, 2.05) is 6.07 Å². The zero-order valence-corrected chi connectivity index (χ0v) is 5.52. The maximum absolute atomic E-state index is 3.92. The van der Waals surface area contributed by atoms with Gasteiger partial charge in [-0.25, -0.2) is 0 Å². The molecule has 0 aliphatic carbocycles. The van der Waals surface area contributed by atoms with Gasteiger partial charge in [0.2, 0.25) is 0 Å². The molecule has 0 spiro atoms. The summed E-state index contributed by atoms with van der Waals surface area (Å²) in [6.45, 7) is 0. The third-order valence-corrected chi connectivity index (χ3v) is 1.23. The van der Waals surface area contributed by atoms with Crippen molar-refractivity contribution in [2.75, 3.05) is 0 Å². The fraction of sp³-hybridized carbons (Fsp3) is 0. The van der Waals surface area contributed by atoms with Crippen LogP contribution in [0.5, 0.6) is 0 Å². The highest BCUT2D eigenvalue weighted by Crippen LogP contribution is 2.10. The number of hydrogen-bond donors (Lipinski definition) is 1. The van der Waals surface area contributed by atoms with E-state index in [-0.39, 0.29) is 0 Å². The minimum absolute atomic E-state index is 0.737. The predicted molar refractivity (Wildman–Crippen MR) is 36.2 cm³/mol. The average Bonchev–Trinajstić information content (AvgIpc) is 2.58. The number of nitrogens with zero attached hydrogens (tertiary/aromatic N) is 4. The molecular weight excluding hydrogens is 142 g/mol. The van der Waals surface area contributed by atoms with Gasteiger partial charge >= 0.3 is 0 Å². The fourth-order valence-corrected chi connectivity index (χ4v) is 0.748. The minimum Gasteiger partial charge on any atom is -0.285 e. The van der Waals surface area contributed by atoms with Crippen molar-refractivity contribution in [1.82, 2.24) is 25.6 Å². The Labute approximate surface area is 62.5 Å². The summed E-state index contributed by atoms with van der Waals surface area (Å²) >= 11 is 0. The number of aromatic nitrogens is 5. The molecule has 0 bridgehead atoms. The third-order valence-electron chi connectivity index (χ3n) is 1.23. The number of nitrogens with one attached hydrogen (secondary N) is 1. The Balaban J connectivity index is 2.46. The summed E-state index contributed by atoms with van der Waals surface area (Å²) in [4.78, 5) is 0. The summed E-state index contributed by atoms with van der Waals surface area (Å²) < 4.78 is 0. The lowest BCUT2D eigenvalue weighted by molar-refractivity contribution is 0.860. The van der Waals surface area contributed by atoms with E-state index in [1.165, 1.54) is 0 Å². The Morgan fingerprint density at radius 3 is 3.09 bits per heavy atom. The number of hydrogen-bond acceptors (Lipinski definition) is 4. The maximum Gasteiger partial charge on any atom is 0.127 e. The lowest BCUT2D eigenvalue weighted by Gasteiger charge is -1.88. The molecule has 5 heteroatoms. The zero-order valence-electron chi connectivity index (χ0n) is 5.52. The SMILES string of the molecule is [c]1nnncc1-c1cc[nH]n1. The van der Waals surface area contributed by atoms with Crippen LogP contribution in [0.2, 0.25) is 0 Å². The van der Waals surface area contributed by atoms with Crippen molar-refractivity contribution in [3.63, 3.8) is 0 Å². The molecule has 0 atom stereocenters. The zero-order chi connectivity index (χ0) is 7.52. The lowest BCUT2D eigenvalue weighted by atomic mass is 10.3. The molecule has 11 heavy (non-hydrogen) atoms. The van der Waals surface area contributed by atoms with Crippen molar-refractivity contribution in [2.45, 2.75) is 0 Å². The minimum atomic E-state index is 0.737. The Hall–Kier alpha value is -1.78. The second kappa shape index (κ2) is 2.45. The molecular formula is C6H4N5. The molecule has 2 aromatic heterocycles. The van der Waals surface area contributed by atoms with Gasteiger partial charge < -0.3 is 0 Å². The predicted octanol–water partition coefficient (Wildman–Crippen LogP) is 0.0619. The van der Waals surface area contributed by atoms with Gasteiger partial charge in [-0.15, -0.1) is 10.2 Å². The van der Waals surface area contributed by atoms with Gasteiger partial charge in [-0.1, -0.05) is 0 Å². The van der Waals surface area contributed by atoms with Gasteiger partial charge in [-0.2, -0.15) is 5.10 Å². The van der Waals surface area contributed by atoms with Crippen LogP contribution in [0.15, 0.2) is 18.5 Å². The molecule has 0 saturated carbocycles. The monoisotopic (exact) mass is 146 g/mol. The van der Waals surface area contributed by atoms with Crippen LogP contribution in [-0.4, -0.2) is 25.6 Å². The van der Waals surface area contributed by atoms with Crippen molar-refractivity contribution in [3.05, 3.63) is 24.7 Å².